The molecule has 1 saturated carbocycles. The van der Waals surface area contributed by atoms with E-state index < -0.39 is 10.0 Å². The second-order valence-electron chi connectivity index (χ2n) is 5.30. The average Bonchev–Trinajstić information content (AvgIpc) is 2.93. The highest BCUT2D eigenvalue weighted by Gasteiger charge is 2.24. The Bertz CT molecular complexity index is 688. The van der Waals surface area contributed by atoms with Crippen molar-refractivity contribution >= 4 is 21.4 Å². The minimum Gasteiger partial charge on any atom is -0.472 e. The van der Waals surface area contributed by atoms with Crippen LogP contribution in [0, 0.1) is 0 Å². The van der Waals surface area contributed by atoms with Crippen LogP contribution in [0.25, 0.3) is 0 Å². The van der Waals surface area contributed by atoms with Crippen LogP contribution in [-0.2, 0) is 23.1 Å². The highest BCUT2D eigenvalue weighted by atomic mass is 32.2. The third-order valence-electron chi connectivity index (χ3n) is 3.47. The molecule has 0 radical (unpaired) electrons. The van der Waals surface area contributed by atoms with Crippen molar-refractivity contribution in [2.75, 3.05) is 7.05 Å². The van der Waals surface area contributed by atoms with Crippen LogP contribution in [0.2, 0.25) is 0 Å². The molecule has 7 heteroatoms. The van der Waals surface area contributed by atoms with Gasteiger partial charge in [0.1, 0.15) is 0 Å². The Morgan fingerprint density at radius 2 is 2.29 bits per heavy atom. The van der Waals surface area contributed by atoms with Crippen LogP contribution in [0.4, 0.5) is 0 Å². The highest BCUT2D eigenvalue weighted by molar-refractivity contribution is 7.89. The minimum absolute atomic E-state index is 0.310. The largest absolute Gasteiger partial charge is 0.472 e. The first kappa shape index (κ1) is 14.8. The first-order valence-corrected chi connectivity index (χ1v) is 9.16. The fourth-order valence-electron chi connectivity index (χ4n) is 2.03. The van der Waals surface area contributed by atoms with Crippen molar-refractivity contribution < 1.29 is 12.8 Å². The lowest BCUT2D eigenvalue weighted by atomic mass is 10.3. The Hall–Kier alpha value is -1.15. The number of nitrogens with zero attached hydrogens (tertiary/aromatic N) is 1. The smallest absolute Gasteiger partial charge is 0.243 e. The van der Waals surface area contributed by atoms with E-state index in [2.05, 4.69) is 5.32 Å². The van der Waals surface area contributed by atoms with Crippen molar-refractivity contribution in [1.29, 1.82) is 0 Å². The van der Waals surface area contributed by atoms with Gasteiger partial charge in [-0.05, 0) is 25.0 Å². The van der Waals surface area contributed by atoms with Gasteiger partial charge in [-0.2, -0.15) is 4.31 Å². The second kappa shape index (κ2) is 5.92. The molecule has 0 atom stereocenters. The lowest BCUT2D eigenvalue weighted by Gasteiger charge is -2.15. The number of sulfonamides is 1. The monoisotopic (exact) mass is 326 g/mol. The molecule has 1 N–H and O–H groups in total. The number of rotatable bonds is 7. The van der Waals surface area contributed by atoms with Crippen LogP contribution in [0.1, 0.15) is 23.3 Å². The molecule has 21 heavy (non-hydrogen) atoms. The van der Waals surface area contributed by atoms with E-state index in [0.717, 1.165) is 17.0 Å². The van der Waals surface area contributed by atoms with Crippen LogP contribution in [0.3, 0.4) is 0 Å². The van der Waals surface area contributed by atoms with Crippen LogP contribution in [-0.4, -0.2) is 25.8 Å². The maximum Gasteiger partial charge on any atom is 0.243 e. The van der Waals surface area contributed by atoms with E-state index in [1.54, 1.807) is 37.1 Å². The zero-order chi connectivity index (χ0) is 14.9. The molecule has 1 aliphatic rings. The molecule has 0 amide bonds. The molecule has 0 unspecified atom stereocenters. The Kier molecular flexibility index (Phi) is 4.17. The van der Waals surface area contributed by atoms with Gasteiger partial charge in [-0.25, -0.2) is 8.42 Å². The van der Waals surface area contributed by atoms with Crippen LogP contribution in [0.15, 0.2) is 39.4 Å². The molecule has 2 aromatic rings. The van der Waals surface area contributed by atoms with E-state index in [-0.39, 0.29) is 0 Å². The van der Waals surface area contributed by atoms with E-state index in [9.17, 15) is 8.42 Å². The van der Waals surface area contributed by atoms with Gasteiger partial charge in [0.2, 0.25) is 10.0 Å². The van der Waals surface area contributed by atoms with Crippen LogP contribution in [0.5, 0.6) is 0 Å². The molecular formula is C14H18N2O3S2. The summed E-state index contributed by atoms with van der Waals surface area (Å²) in [4.78, 5) is 1.42. The third kappa shape index (κ3) is 3.55. The quantitative estimate of drug-likeness (QED) is 0.849. The van der Waals surface area contributed by atoms with Gasteiger partial charge in [-0.1, -0.05) is 0 Å². The summed E-state index contributed by atoms with van der Waals surface area (Å²) in [7, 11) is -1.86. The van der Waals surface area contributed by atoms with Crippen LogP contribution >= 0.6 is 11.3 Å². The average molecular weight is 326 g/mol. The first-order valence-electron chi connectivity index (χ1n) is 6.84. The molecular weight excluding hydrogens is 308 g/mol. The highest BCUT2D eigenvalue weighted by Crippen LogP contribution is 2.25. The molecule has 2 heterocycles. The SMILES string of the molecule is CN(Cc1ccoc1)S(=O)(=O)c1csc(CNC2CC2)c1. The van der Waals surface area contributed by atoms with Gasteiger partial charge in [-0.3, -0.25) is 0 Å². The van der Waals surface area contributed by atoms with Crippen molar-refractivity contribution in [3.05, 3.63) is 40.5 Å². The number of nitrogens with one attached hydrogen (secondary N) is 1. The summed E-state index contributed by atoms with van der Waals surface area (Å²) >= 11 is 1.48. The maximum absolute atomic E-state index is 12.5. The summed E-state index contributed by atoms with van der Waals surface area (Å²) in [6.07, 6.45) is 5.56. The first-order chi connectivity index (χ1) is 10.1. The van der Waals surface area contributed by atoms with Crippen molar-refractivity contribution in [3.63, 3.8) is 0 Å². The Morgan fingerprint density at radius 3 is 2.95 bits per heavy atom. The van der Waals surface area contributed by atoms with Crippen molar-refractivity contribution in [3.8, 4) is 0 Å². The molecule has 1 fully saturated rings. The van der Waals surface area contributed by atoms with Gasteiger partial charge in [-0.15, -0.1) is 11.3 Å². The standard InChI is InChI=1S/C14H18N2O3S2/c1-16(8-11-4-5-19-9-11)21(17,18)14-6-13(20-10-14)7-15-12-2-3-12/h4-6,9-10,12,15H,2-3,7-8H2,1H3. The molecule has 3 rings (SSSR count). The molecule has 1 aliphatic carbocycles. The molecule has 114 valence electrons. The van der Waals surface area contributed by atoms with Crippen molar-refractivity contribution in [1.82, 2.24) is 9.62 Å². The van der Waals surface area contributed by atoms with Gasteiger partial charge in [0.25, 0.3) is 0 Å². The summed E-state index contributed by atoms with van der Waals surface area (Å²) < 4.78 is 31.3. The number of thiophene rings is 1. The zero-order valence-electron chi connectivity index (χ0n) is 11.8. The lowest BCUT2D eigenvalue weighted by molar-refractivity contribution is 0.463. The van der Waals surface area contributed by atoms with Gasteiger partial charge >= 0.3 is 0 Å². The predicted octanol–water partition coefficient (Wildman–Crippen LogP) is 2.41. The lowest BCUT2D eigenvalue weighted by Crippen LogP contribution is -2.26. The fourth-order valence-corrected chi connectivity index (χ4v) is 4.40. The van der Waals surface area contributed by atoms with Crippen LogP contribution < -0.4 is 5.32 Å². The van der Waals surface area contributed by atoms with Gasteiger partial charge in [0.15, 0.2) is 0 Å². The molecule has 5 nitrogen and oxygen atoms in total. The maximum atomic E-state index is 12.5. The third-order valence-corrected chi connectivity index (χ3v) is 6.33. The van der Waals surface area contributed by atoms with E-state index >= 15 is 0 Å². The predicted molar refractivity (Wildman–Crippen MR) is 81.5 cm³/mol. The zero-order valence-corrected chi connectivity index (χ0v) is 13.4. The van der Waals surface area contributed by atoms with Gasteiger partial charge < -0.3 is 9.73 Å². The topological polar surface area (TPSA) is 62.6 Å². The van der Waals surface area contributed by atoms with E-state index in [0.29, 0.717) is 17.5 Å². The van der Waals surface area contributed by atoms with Gasteiger partial charge in [0, 0.05) is 42.0 Å². The number of furan rings is 1. The number of hydrogen-bond acceptors (Lipinski definition) is 5. The summed E-state index contributed by atoms with van der Waals surface area (Å²) in [5.41, 5.74) is 0.840. The number of hydrogen-bond donors (Lipinski definition) is 1. The summed E-state index contributed by atoms with van der Waals surface area (Å²) in [5.74, 6) is 0. The Labute approximate surface area is 128 Å². The van der Waals surface area contributed by atoms with E-state index in [1.807, 2.05) is 0 Å². The second-order valence-corrected chi connectivity index (χ2v) is 8.34. The fraction of sp³-hybridized carbons (Fsp3) is 0.429. The molecule has 0 aliphatic heterocycles. The Balaban J connectivity index is 1.68. The van der Waals surface area contributed by atoms with Crippen molar-refractivity contribution in [2.24, 2.45) is 0 Å². The normalized spacial score (nSPS) is 15.7. The summed E-state index contributed by atoms with van der Waals surface area (Å²) in [5, 5.41) is 5.11. The van der Waals surface area contributed by atoms with E-state index in [1.165, 1.54) is 28.5 Å². The molecule has 0 spiro atoms. The van der Waals surface area contributed by atoms with E-state index in [4.69, 9.17) is 4.42 Å². The molecule has 0 saturated heterocycles. The van der Waals surface area contributed by atoms with Crippen molar-refractivity contribution in [2.45, 2.75) is 36.9 Å². The van der Waals surface area contributed by atoms with Gasteiger partial charge in [0.05, 0.1) is 17.4 Å². The molecule has 0 bridgehead atoms. The summed E-state index contributed by atoms with van der Waals surface area (Å²) in [6, 6.07) is 4.15. The minimum atomic E-state index is -3.44. The molecule has 0 aromatic carbocycles. The summed E-state index contributed by atoms with van der Waals surface area (Å²) in [6.45, 7) is 1.06. The Morgan fingerprint density at radius 1 is 1.48 bits per heavy atom. The molecule has 2 aromatic heterocycles.